The van der Waals surface area contributed by atoms with E-state index in [2.05, 4.69) is 0 Å². The minimum atomic E-state index is -3.74. The van der Waals surface area contributed by atoms with Crippen LogP contribution in [0.4, 0.5) is 0 Å². The second-order valence-electron chi connectivity index (χ2n) is 5.64. The second-order valence-corrected chi connectivity index (χ2v) is 7.68. The Morgan fingerprint density at radius 3 is 2.43 bits per heavy atom. The summed E-state index contributed by atoms with van der Waals surface area (Å²) in [5, 5.41) is 9.10. The van der Waals surface area contributed by atoms with Gasteiger partial charge in [0.25, 0.3) is 0 Å². The first-order chi connectivity index (χ1) is 10.7. The third-order valence-corrected chi connectivity index (χ3v) is 6.02. The van der Waals surface area contributed by atoms with Crippen LogP contribution in [-0.2, 0) is 19.6 Å². The molecule has 1 saturated heterocycles. The number of amides is 1. The number of hydrogen-bond donors (Lipinski definition) is 1. The van der Waals surface area contributed by atoms with Crippen LogP contribution in [0, 0.1) is 5.92 Å². The van der Waals surface area contributed by atoms with E-state index in [1.807, 2.05) is 0 Å². The molecule has 1 N–H and O–H groups in total. The fourth-order valence-electron chi connectivity index (χ4n) is 2.76. The number of hydrogen-bond acceptors (Lipinski definition) is 4. The molecule has 8 heteroatoms. The van der Waals surface area contributed by atoms with Crippen LogP contribution in [-0.4, -0.2) is 60.8 Å². The van der Waals surface area contributed by atoms with Crippen molar-refractivity contribution < 1.29 is 23.1 Å². The molecule has 0 aromatic heterocycles. The maximum absolute atomic E-state index is 12.4. The number of carbonyl (C=O) groups is 2. The molecule has 2 unspecified atom stereocenters. The minimum Gasteiger partial charge on any atom is -0.481 e. The number of likely N-dealkylation sites (N-methyl/N-ethyl adjacent to an activating group) is 1. The standard InChI is InChI=1S/C15H20N2O5S/c1-11-13(15(19)20)8-9-17(11)14(18)10-16(2)23(21,22)12-6-4-3-5-7-12/h3-7,11,13H,8-10H2,1-2H3,(H,19,20). The molecule has 1 fully saturated rings. The highest BCUT2D eigenvalue weighted by Crippen LogP contribution is 2.25. The van der Waals surface area contributed by atoms with Crippen molar-refractivity contribution in [3.05, 3.63) is 30.3 Å². The molecule has 7 nitrogen and oxygen atoms in total. The van der Waals surface area contributed by atoms with Crippen LogP contribution in [0.25, 0.3) is 0 Å². The van der Waals surface area contributed by atoms with Crippen molar-refractivity contribution >= 4 is 21.9 Å². The van der Waals surface area contributed by atoms with E-state index in [4.69, 9.17) is 5.11 Å². The normalized spacial score (nSPS) is 21.6. The largest absolute Gasteiger partial charge is 0.481 e. The number of nitrogens with zero attached hydrogens (tertiary/aromatic N) is 2. The predicted molar refractivity (Wildman–Crippen MR) is 83.2 cm³/mol. The predicted octanol–water partition coefficient (Wildman–Crippen LogP) is 0.629. The number of benzene rings is 1. The van der Waals surface area contributed by atoms with Crippen LogP contribution in [0.3, 0.4) is 0 Å². The summed E-state index contributed by atoms with van der Waals surface area (Å²) >= 11 is 0. The molecule has 0 aliphatic carbocycles. The number of carbonyl (C=O) groups excluding carboxylic acids is 1. The number of sulfonamides is 1. The Morgan fingerprint density at radius 2 is 1.91 bits per heavy atom. The monoisotopic (exact) mass is 340 g/mol. The fourth-order valence-corrected chi connectivity index (χ4v) is 3.90. The SMILES string of the molecule is CC1C(C(=O)O)CCN1C(=O)CN(C)S(=O)(=O)c1ccccc1. The molecule has 0 saturated carbocycles. The summed E-state index contributed by atoms with van der Waals surface area (Å²) < 4.78 is 25.8. The first-order valence-electron chi connectivity index (χ1n) is 7.29. The molecular weight excluding hydrogens is 320 g/mol. The zero-order chi connectivity index (χ0) is 17.2. The lowest BCUT2D eigenvalue weighted by atomic mass is 10.0. The number of rotatable bonds is 5. The molecule has 1 aliphatic heterocycles. The summed E-state index contributed by atoms with van der Waals surface area (Å²) in [7, 11) is -2.40. The van der Waals surface area contributed by atoms with Gasteiger partial charge in [-0.15, -0.1) is 0 Å². The number of carboxylic acid groups (broad SMARTS) is 1. The van der Waals surface area contributed by atoms with E-state index in [9.17, 15) is 18.0 Å². The quantitative estimate of drug-likeness (QED) is 0.848. The van der Waals surface area contributed by atoms with E-state index in [1.54, 1.807) is 25.1 Å². The van der Waals surface area contributed by atoms with Gasteiger partial charge >= 0.3 is 5.97 Å². The molecule has 23 heavy (non-hydrogen) atoms. The lowest BCUT2D eigenvalue weighted by molar-refractivity contribution is -0.143. The number of aliphatic carboxylic acids is 1. The highest BCUT2D eigenvalue weighted by Gasteiger charge is 2.38. The molecule has 0 radical (unpaired) electrons. The molecule has 1 heterocycles. The Hall–Kier alpha value is -1.93. The van der Waals surface area contributed by atoms with E-state index in [-0.39, 0.29) is 17.3 Å². The zero-order valence-electron chi connectivity index (χ0n) is 13.0. The highest BCUT2D eigenvalue weighted by molar-refractivity contribution is 7.89. The molecule has 126 valence electrons. The average molecular weight is 340 g/mol. The fraction of sp³-hybridized carbons (Fsp3) is 0.467. The van der Waals surface area contributed by atoms with E-state index in [1.165, 1.54) is 24.1 Å². The van der Waals surface area contributed by atoms with Crippen LogP contribution >= 0.6 is 0 Å². The molecule has 2 atom stereocenters. The van der Waals surface area contributed by atoms with Gasteiger partial charge in [-0.1, -0.05) is 18.2 Å². The lowest BCUT2D eigenvalue weighted by Crippen LogP contribution is -2.44. The van der Waals surface area contributed by atoms with Gasteiger partial charge < -0.3 is 10.0 Å². The molecule has 1 aliphatic rings. The summed E-state index contributed by atoms with van der Waals surface area (Å²) in [6, 6.07) is 7.44. The Balaban J connectivity index is 2.07. The molecule has 1 aromatic carbocycles. The third kappa shape index (κ3) is 3.53. The van der Waals surface area contributed by atoms with Crippen molar-refractivity contribution in [3.8, 4) is 0 Å². The van der Waals surface area contributed by atoms with Crippen molar-refractivity contribution in [2.45, 2.75) is 24.3 Å². The molecule has 1 aromatic rings. The third-order valence-electron chi connectivity index (χ3n) is 4.20. The summed E-state index contributed by atoms with van der Waals surface area (Å²) in [5.74, 6) is -1.92. The van der Waals surface area contributed by atoms with Crippen LogP contribution < -0.4 is 0 Å². The van der Waals surface area contributed by atoms with Crippen LogP contribution in [0.1, 0.15) is 13.3 Å². The first-order valence-corrected chi connectivity index (χ1v) is 8.73. The number of carboxylic acids is 1. The lowest BCUT2D eigenvalue weighted by Gasteiger charge is -2.25. The smallest absolute Gasteiger partial charge is 0.308 e. The topological polar surface area (TPSA) is 95.0 Å². The van der Waals surface area contributed by atoms with E-state index in [0.29, 0.717) is 13.0 Å². The Bertz CT molecular complexity index is 689. The van der Waals surface area contributed by atoms with Gasteiger partial charge in [0.05, 0.1) is 17.4 Å². The summed E-state index contributed by atoms with van der Waals surface area (Å²) in [4.78, 5) is 25.0. The van der Waals surface area contributed by atoms with Gasteiger partial charge in [-0.05, 0) is 25.5 Å². The summed E-state index contributed by atoms with van der Waals surface area (Å²) in [5.41, 5.74) is 0. The summed E-state index contributed by atoms with van der Waals surface area (Å²) in [6.45, 7) is 1.69. The maximum Gasteiger partial charge on any atom is 0.308 e. The van der Waals surface area contributed by atoms with Crippen molar-refractivity contribution in [1.29, 1.82) is 0 Å². The van der Waals surface area contributed by atoms with Gasteiger partial charge in [-0.3, -0.25) is 9.59 Å². The first kappa shape index (κ1) is 17.4. The van der Waals surface area contributed by atoms with E-state index < -0.39 is 28.0 Å². The zero-order valence-corrected chi connectivity index (χ0v) is 13.9. The molecule has 0 bridgehead atoms. The van der Waals surface area contributed by atoms with Crippen molar-refractivity contribution in [1.82, 2.24) is 9.21 Å². The maximum atomic E-state index is 12.4. The van der Waals surface area contributed by atoms with Crippen molar-refractivity contribution in [2.75, 3.05) is 20.1 Å². The van der Waals surface area contributed by atoms with Crippen molar-refractivity contribution in [3.63, 3.8) is 0 Å². The number of likely N-dealkylation sites (tertiary alicyclic amines) is 1. The Morgan fingerprint density at radius 1 is 1.30 bits per heavy atom. The molecular formula is C15H20N2O5S. The van der Waals surface area contributed by atoms with Gasteiger partial charge in [-0.2, -0.15) is 4.31 Å². The second kappa shape index (κ2) is 6.67. The van der Waals surface area contributed by atoms with Gasteiger partial charge in [0.2, 0.25) is 15.9 Å². The average Bonchev–Trinajstić information content (AvgIpc) is 2.90. The van der Waals surface area contributed by atoms with Crippen molar-refractivity contribution in [2.24, 2.45) is 5.92 Å². The van der Waals surface area contributed by atoms with Gasteiger partial charge in [-0.25, -0.2) is 8.42 Å². The molecule has 0 spiro atoms. The van der Waals surface area contributed by atoms with Gasteiger partial charge in [0, 0.05) is 19.6 Å². The Kier molecular flexibility index (Phi) is 5.06. The van der Waals surface area contributed by atoms with E-state index in [0.717, 1.165) is 4.31 Å². The van der Waals surface area contributed by atoms with Gasteiger partial charge in [0.1, 0.15) is 0 Å². The van der Waals surface area contributed by atoms with Gasteiger partial charge in [0.15, 0.2) is 0 Å². The Labute approximate surface area is 135 Å². The van der Waals surface area contributed by atoms with E-state index >= 15 is 0 Å². The summed E-state index contributed by atoms with van der Waals surface area (Å²) in [6.07, 6.45) is 0.386. The molecule has 2 rings (SSSR count). The molecule has 1 amide bonds. The highest BCUT2D eigenvalue weighted by atomic mass is 32.2. The van der Waals surface area contributed by atoms with Crippen LogP contribution in [0.15, 0.2) is 35.2 Å². The minimum absolute atomic E-state index is 0.119. The van der Waals surface area contributed by atoms with Crippen LogP contribution in [0.5, 0.6) is 0 Å². The van der Waals surface area contributed by atoms with Crippen LogP contribution in [0.2, 0.25) is 0 Å².